The summed E-state index contributed by atoms with van der Waals surface area (Å²) >= 11 is 1.36. The maximum atomic E-state index is 11.1. The van der Waals surface area contributed by atoms with E-state index in [4.69, 9.17) is 5.11 Å². The molecule has 1 aliphatic heterocycles. The molecule has 0 unspecified atom stereocenters. The summed E-state index contributed by atoms with van der Waals surface area (Å²) in [5, 5.41) is 17.0. The second kappa shape index (κ2) is 5.95. The highest BCUT2D eigenvalue weighted by Gasteiger charge is 2.26. The Morgan fingerprint density at radius 1 is 1.57 bits per heavy atom. The van der Waals surface area contributed by atoms with Gasteiger partial charge in [0.15, 0.2) is 0 Å². The van der Waals surface area contributed by atoms with E-state index in [2.05, 4.69) is 15.2 Å². The molecule has 1 aliphatic rings. The summed E-state index contributed by atoms with van der Waals surface area (Å²) in [6.07, 6.45) is 5.90. The molecule has 1 N–H and O–H groups in total. The van der Waals surface area contributed by atoms with Crippen LogP contribution >= 0.6 is 11.3 Å². The second-order valence-corrected chi connectivity index (χ2v) is 6.65. The van der Waals surface area contributed by atoms with Crippen LogP contribution in [0.15, 0.2) is 18.5 Å². The van der Waals surface area contributed by atoms with Gasteiger partial charge < -0.3 is 5.11 Å². The molecule has 6 nitrogen and oxygen atoms in total. The molecule has 1 saturated heterocycles. The van der Waals surface area contributed by atoms with Gasteiger partial charge in [0, 0.05) is 23.7 Å². The fourth-order valence-corrected chi connectivity index (χ4v) is 3.73. The predicted molar refractivity (Wildman–Crippen MR) is 79.5 cm³/mol. The Labute approximate surface area is 127 Å². The number of likely N-dealkylation sites (tertiary alicyclic amines) is 1. The van der Waals surface area contributed by atoms with Crippen LogP contribution in [0.5, 0.6) is 0 Å². The van der Waals surface area contributed by atoms with E-state index in [1.165, 1.54) is 17.8 Å². The first-order chi connectivity index (χ1) is 10.1. The van der Waals surface area contributed by atoms with Crippen molar-refractivity contribution in [2.45, 2.75) is 38.9 Å². The van der Waals surface area contributed by atoms with Crippen molar-refractivity contribution in [3.8, 4) is 0 Å². The van der Waals surface area contributed by atoms with Crippen LogP contribution in [0.25, 0.3) is 0 Å². The summed E-state index contributed by atoms with van der Waals surface area (Å²) in [5.74, 6) is -0.838. The monoisotopic (exact) mass is 306 g/mol. The topological polar surface area (TPSA) is 71.2 Å². The quantitative estimate of drug-likeness (QED) is 0.915. The molecular weight excluding hydrogens is 288 g/mol. The zero-order chi connectivity index (χ0) is 14.8. The molecule has 3 rings (SSSR count). The number of thiophene rings is 1. The van der Waals surface area contributed by atoms with Crippen molar-refractivity contribution in [1.82, 2.24) is 19.9 Å². The molecule has 2 aromatic heterocycles. The Bertz CT molecular complexity index is 623. The molecule has 0 aliphatic carbocycles. The van der Waals surface area contributed by atoms with E-state index >= 15 is 0 Å². The summed E-state index contributed by atoms with van der Waals surface area (Å²) in [5.41, 5.74) is 1.13. The number of carbonyl (C=O) groups is 1. The van der Waals surface area contributed by atoms with Gasteiger partial charge in [0.05, 0.1) is 12.7 Å². The van der Waals surface area contributed by atoms with Gasteiger partial charge in [-0.2, -0.15) is 0 Å². The normalized spacial score (nSPS) is 19.2. The number of aromatic carboxylic acids is 1. The minimum absolute atomic E-state index is 0.425. The number of aromatic nitrogens is 3. The average molecular weight is 306 g/mol. The second-order valence-electron chi connectivity index (χ2n) is 5.39. The SMILES string of the molecule is Cc1sc(C(=O)O)cc1CN1CCC[C@H]1Cn1ccnn1. The lowest BCUT2D eigenvalue weighted by Crippen LogP contribution is -2.32. The zero-order valence-electron chi connectivity index (χ0n) is 11.9. The van der Waals surface area contributed by atoms with Crippen molar-refractivity contribution < 1.29 is 9.90 Å². The number of nitrogens with zero attached hydrogens (tertiary/aromatic N) is 4. The molecule has 0 spiro atoms. The van der Waals surface area contributed by atoms with E-state index in [-0.39, 0.29) is 0 Å². The third-order valence-corrected chi connectivity index (χ3v) is 5.05. The molecule has 112 valence electrons. The molecule has 1 atom stereocenters. The number of carboxylic acid groups (broad SMARTS) is 1. The summed E-state index contributed by atoms with van der Waals surface area (Å²) in [4.78, 5) is 15.0. The highest BCUT2D eigenvalue weighted by molar-refractivity contribution is 7.14. The molecule has 0 aromatic carbocycles. The Balaban J connectivity index is 1.70. The van der Waals surface area contributed by atoms with Crippen LogP contribution in [0.2, 0.25) is 0 Å². The number of carboxylic acids is 1. The lowest BCUT2D eigenvalue weighted by Gasteiger charge is -2.24. The Hall–Kier alpha value is -1.73. The highest BCUT2D eigenvalue weighted by Crippen LogP contribution is 2.27. The molecule has 3 heterocycles. The van der Waals surface area contributed by atoms with Gasteiger partial charge in [-0.05, 0) is 37.9 Å². The number of rotatable bonds is 5. The summed E-state index contributed by atoms with van der Waals surface area (Å²) in [6.45, 7) is 4.70. The van der Waals surface area contributed by atoms with Crippen molar-refractivity contribution in [2.75, 3.05) is 6.54 Å². The lowest BCUT2D eigenvalue weighted by molar-refractivity contribution is 0.0702. The maximum absolute atomic E-state index is 11.1. The molecule has 21 heavy (non-hydrogen) atoms. The third kappa shape index (κ3) is 3.14. The predicted octanol–water partition coefficient (Wildman–Crippen LogP) is 2.01. The Morgan fingerprint density at radius 2 is 2.43 bits per heavy atom. The van der Waals surface area contributed by atoms with Crippen molar-refractivity contribution in [1.29, 1.82) is 0 Å². The minimum Gasteiger partial charge on any atom is -0.477 e. The Kier molecular flexibility index (Phi) is 4.03. The van der Waals surface area contributed by atoms with Crippen LogP contribution < -0.4 is 0 Å². The van der Waals surface area contributed by atoms with Gasteiger partial charge in [-0.15, -0.1) is 16.4 Å². The molecule has 7 heteroatoms. The van der Waals surface area contributed by atoms with E-state index in [1.807, 2.05) is 23.9 Å². The summed E-state index contributed by atoms with van der Waals surface area (Å²) < 4.78 is 1.87. The van der Waals surface area contributed by atoms with Crippen molar-refractivity contribution in [3.05, 3.63) is 33.8 Å². The molecule has 0 bridgehead atoms. The fourth-order valence-electron chi connectivity index (χ4n) is 2.86. The van der Waals surface area contributed by atoms with Crippen LogP contribution in [-0.2, 0) is 13.1 Å². The minimum atomic E-state index is -0.838. The molecule has 0 amide bonds. The summed E-state index contributed by atoms with van der Waals surface area (Å²) in [7, 11) is 0. The van der Waals surface area contributed by atoms with Gasteiger partial charge in [-0.1, -0.05) is 5.21 Å². The summed E-state index contributed by atoms with van der Waals surface area (Å²) in [6, 6.07) is 2.26. The number of hydrogen-bond donors (Lipinski definition) is 1. The highest BCUT2D eigenvalue weighted by atomic mass is 32.1. The van der Waals surface area contributed by atoms with E-state index in [0.717, 1.165) is 36.5 Å². The van der Waals surface area contributed by atoms with Crippen LogP contribution in [0.4, 0.5) is 0 Å². The molecule has 2 aromatic rings. The molecular formula is C14H18N4O2S. The number of hydrogen-bond acceptors (Lipinski definition) is 5. The van der Waals surface area contributed by atoms with E-state index in [9.17, 15) is 4.79 Å². The van der Waals surface area contributed by atoms with Crippen LogP contribution in [0, 0.1) is 6.92 Å². The van der Waals surface area contributed by atoms with Crippen molar-refractivity contribution in [2.24, 2.45) is 0 Å². The molecule has 1 fully saturated rings. The first-order valence-electron chi connectivity index (χ1n) is 7.04. The van der Waals surface area contributed by atoms with Crippen LogP contribution in [0.3, 0.4) is 0 Å². The van der Waals surface area contributed by atoms with Gasteiger partial charge in [0.2, 0.25) is 0 Å². The van der Waals surface area contributed by atoms with Gasteiger partial charge in [-0.25, -0.2) is 4.79 Å². The maximum Gasteiger partial charge on any atom is 0.345 e. The van der Waals surface area contributed by atoms with E-state index in [1.54, 1.807) is 6.20 Å². The Morgan fingerprint density at radius 3 is 3.10 bits per heavy atom. The van der Waals surface area contributed by atoms with Crippen molar-refractivity contribution in [3.63, 3.8) is 0 Å². The zero-order valence-corrected chi connectivity index (χ0v) is 12.7. The van der Waals surface area contributed by atoms with Crippen LogP contribution in [-0.4, -0.2) is 43.6 Å². The number of aryl methyl sites for hydroxylation is 1. The van der Waals surface area contributed by atoms with Gasteiger partial charge in [0.1, 0.15) is 4.88 Å². The van der Waals surface area contributed by atoms with Gasteiger partial charge in [0.25, 0.3) is 0 Å². The average Bonchev–Trinajstić information content (AvgIpc) is 3.15. The fraction of sp³-hybridized carbons (Fsp3) is 0.500. The van der Waals surface area contributed by atoms with Gasteiger partial charge in [-0.3, -0.25) is 9.58 Å². The van der Waals surface area contributed by atoms with Crippen LogP contribution in [0.1, 0.15) is 33.0 Å². The largest absolute Gasteiger partial charge is 0.477 e. The van der Waals surface area contributed by atoms with E-state index < -0.39 is 5.97 Å². The molecule has 0 radical (unpaired) electrons. The van der Waals surface area contributed by atoms with Gasteiger partial charge >= 0.3 is 5.97 Å². The lowest BCUT2D eigenvalue weighted by atomic mass is 10.2. The molecule has 0 saturated carbocycles. The third-order valence-electron chi connectivity index (χ3n) is 3.97. The first-order valence-corrected chi connectivity index (χ1v) is 7.86. The van der Waals surface area contributed by atoms with E-state index in [0.29, 0.717) is 10.9 Å². The smallest absolute Gasteiger partial charge is 0.345 e. The standard InChI is InChI=1S/C14H18N4O2S/c1-10-11(7-13(21-10)14(19)20)8-17-5-2-3-12(17)9-18-6-4-15-16-18/h4,6-7,12H,2-3,5,8-9H2,1H3,(H,19,20)/t12-/m0/s1. The van der Waals surface area contributed by atoms with Crippen molar-refractivity contribution >= 4 is 17.3 Å². The first kappa shape index (κ1) is 14.2.